The quantitative estimate of drug-likeness (QED) is 0.646. The predicted molar refractivity (Wildman–Crippen MR) is 76.1 cm³/mol. The molecule has 1 heterocycles. The first-order chi connectivity index (χ1) is 9.31. The third-order valence-corrected chi connectivity index (χ3v) is 3.57. The predicted octanol–water partition coefficient (Wildman–Crippen LogP) is 2.23. The zero-order valence-electron chi connectivity index (χ0n) is 11.9. The maximum atomic E-state index is 5.25. The summed E-state index contributed by atoms with van der Waals surface area (Å²) in [6, 6.07) is 2.54. The van der Waals surface area contributed by atoms with Crippen LogP contribution >= 0.6 is 0 Å². The maximum absolute atomic E-state index is 5.25. The molecular weight excluding hydrogens is 240 g/mol. The molecule has 1 aromatic rings. The Morgan fingerprint density at radius 2 is 2.21 bits per heavy atom. The summed E-state index contributed by atoms with van der Waals surface area (Å²) in [5.74, 6) is 1.70. The highest BCUT2D eigenvalue weighted by atomic mass is 16.5. The van der Waals surface area contributed by atoms with Crippen LogP contribution in [0.1, 0.15) is 50.5 Å². The van der Waals surface area contributed by atoms with Gasteiger partial charge in [0.05, 0.1) is 12.2 Å². The highest BCUT2D eigenvalue weighted by molar-refractivity contribution is 5.79. The molecule has 5 nitrogen and oxygen atoms in total. The lowest BCUT2D eigenvalue weighted by Gasteiger charge is -2.24. The number of nitrogens with one attached hydrogen (secondary N) is 2. The minimum atomic E-state index is 0.556. The second-order valence-corrected chi connectivity index (χ2v) is 5.04. The Morgan fingerprint density at radius 1 is 1.42 bits per heavy atom. The molecule has 2 rings (SSSR count). The lowest BCUT2D eigenvalue weighted by Crippen LogP contribution is -2.43. The normalized spacial score (nSPS) is 17.5. The summed E-state index contributed by atoms with van der Waals surface area (Å²) in [5.41, 5.74) is 0.993. The van der Waals surface area contributed by atoms with Crippen molar-refractivity contribution in [2.45, 2.75) is 58.0 Å². The number of nitrogens with zero attached hydrogens (tertiary/aromatic N) is 2. The van der Waals surface area contributed by atoms with Crippen molar-refractivity contribution in [1.82, 2.24) is 15.8 Å². The monoisotopic (exact) mass is 264 g/mol. The molecule has 1 aliphatic rings. The van der Waals surface area contributed by atoms with Crippen LogP contribution < -0.4 is 10.6 Å². The van der Waals surface area contributed by atoms with Crippen LogP contribution in [0, 0.1) is 0 Å². The topological polar surface area (TPSA) is 62.5 Å². The van der Waals surface area contributed by atoms with Gasteiger partial charge in [0.1, 0.15) is 0 Å². The third-order valence-electron chi connectivity index (χ3n) is 3.57. The van der Waals surface area contributed by atoms with Crippen LogP contribution in [-0.2, 0) is 13.0 Å². The second kappa shape index (κ2) is 7.16. The fraction of sp³-hybridized carbons (Fsp3) is 0.714. The van der Waals surface area contributed by atoms with E-state index in [-0.39, 0.29) is 0 Å². The molecule has 1 aromatic heterocycles. The van der Waals surface area contributed by atoms with Crippen molar-refractivity contribution in [3.05, 3.63) is 17.5 Å². The Morgan fingerprint density at radius 3 is 2.84 bits per heavy atom. The lowest BCUT2D eigenvalue weighted by molar-refractivity contribution is 0.372. The van der Waals surface area contributed by atoms with Crippen molar-refractivity contribution in [3.8, 4) is 0 Å². The van der Waals surface area contributed by atoms with E-state index in [0.717, 1.165) is 23.8 Å². The fourth-order valence-electron chi connectivity index (χ4n) is 2.41. The van der Waals surface area contributed by atoms with Gasteiger partial charge in [-0.1, -0.05) is 31.3 Å². The minimum Gasteiger partial charge on any atom is -0.359 e. The van der Waals surface area contributed by atoms with E-state index < -0.39 is 0 Å². The van der Waals surface area contributed by atoms with Crippen molar-refractivity contribution in [3.63, 3.8) is 0 Å². The van der Waals surface area contributed by atoms with Gasteiger partial charge in [-0.15, -0.1) is 0 Å². The molecule has 106 valence electrons. The molecule has 0 amide bonds. The average molecular weight is 264 g/mol. The summed E-state index contributed by atoms with van der Waals surface area (Å²) >= 11 is 0. The number of rotatable bonds is 4. The van der Waals surface area contributed by atoms with E-state index in [1.54, 1.807) is 7.05 Å². The van der Waals surface area contributed by atoms with Gasteiger partial charge in [0.2, 0.25) is 0 Å². The molecule has 0 saturated heterocycles. The number of aromatic nitrogens is 1. The number of aliphatic imine (C=N–C) groups is 1. The van der Waals surface area contributed by atoms with Crippen LogP contribution in [0.3, 0.4) is 0 Å². The van der Waals surface area contributed by atoms with Crippen LogP contribution in [0.15, 0.2) is 15.6 Å². The van der Waals surface area contributed by atoms with Gasteiger partial charge in [-0.25, -0.2) is 0 Å². The number of aryl methyl sites for hydroxylation is 1. The summed E-state index contributed by atoms with van der Waals surface area (Å²) in [5, 5.41) is 10.7. The highest BCUT2D eigenvalue weighted by Crippen LogP contribution is 2.17. The Balaban J connectivity index is 1.78. The third kappa shape index (κ3) is 4.26. The van der Waals surface area contributed by atoms with E-state index in [1.165, 1.54) is 32.1 Å². The molecule has 0 aliphatic heterocycles. The number of hydrogen-bond donors (Lipinski definition) is 2. The molecule has 0 atom stereocenters. The van der Waals surface area contributed by atoms with E-state index in [4.69, 9.17) is 4.52 Å². The van der Waals surface area contributed by atoms with Gasteiger partial charge in [-0.05, 0) is 19.3 Å². The summed E-state index contributed by atoms with van der Waals surface area (Å²) in [7, 11) is 1.80. The van der Waals surface area contributed by atoms with Gasteiger partial charge in [0.15, 0.2) is 11.7 Å². The largest absolute Gasteiger partial charge is 0.359 e. The smallest absolute Gasteiger partial charge is 0.191 e. The van der Waals surface area contributed by atoms with Crippen LogP contribution in [0.5, 0.6) is 0 Å². The Hall–Kier alpha value is -1.52. The van der Waals surface area contributed by atoms with Crippen molar-refractivity contribution in [1.29, 1.82) is 0 Å². The first-order valence-electron chi connectivity index (χ1n) is 7.23. The molecular formula is C14H24N4O. The zero-order valence-corrected chi connectivity index (χ0v) is 11.9. The van der Waals surface area contributed by atoms with Crippen molar-refractivity contribution < 1.29 is 4.52 Å². The van der Waals surface area contributed by atoms with Crippen LogP contribution in [-0.4, -0.2) is 24.2 Å². The molecule has 0 spiro atoms. The van der Waals surface area contributed by atoms with E-state index in [9.17, 15) is 0 Å². The Bertz CT molecular complexity index is 407. The van der Waals surface area contributed by atoms with Gasteiger partial charge < -0.3 is 15.2 Å². The van der Waals surface area contributed by atoms with Crippen LogP contribution in [0.2, 0.25) is 0 Å². The molecule has 1 saturated carbocycles. The molecule has 0 bridgehead atoms. The molecule has 19 heavy (non-hydrogen) atoms. The SMILES string of the molecule is CCc1cc(CNC(=NC)NC2CCCCC2)on1. The Labute approximate surface area is 114 Å². The van der Waals surface area contributed by atoms with Gasteiger partial charge in [0.25, 0.3) is 0 Å². The summed E-state index contributed by atoms with van der Waals surface area (Å²) in [6.07, 6.45) is 7.37. The summed E-state index contributed by atoms with van der Waals surface area (Å²) in [6.45, 7) is 2.69. The number of guanidine groups is 1. The van der Waals surface area contributed by atoms with E-state index in [1.807, 2.05) is 6.07 Å². The lowest BCUT2D eigenvalue weighted by atomic mass is 9.96. The molecule has 2 N–H and O–H groups in total. The summed E-state index contributed by atoms with van der Waals surface area (Å²) < 4.78 is 5.25. The zero-order chi connectivity index (χ0) is 13.5. The van der Waals surface area contributed by atoms with Gasteiger partial charge in [-0.2, -0.15) is 0 Å². The van der Waals surface area contributed by atoms with Crippen molar-refractivity contribution in [2.24, 2.45) is 4.99 Å². The van der Waals surface area contributed by atoms with Crippen molar-refractivity contribution in [2.75, 3.05) is 7.05 Å². The second-order valence-electron chi connectivity index (χ2n) is 5.04. The molecule has 0 radical (unpaired) electrons. The van der Waals surface area contributed by atoms with E-state index in [2.05, 4.69) is 27.7 Å². The number of hydrogen-bond acceptors (Lipinski definition) is 3. The molecule has 0 aromatic carbocycles. The molecule has 0 unspecified atom stereocenters. The van der Waals surface area contributed by atoms with Gasteiger partial charge in [0, 0.05) is 19.2 Å². The van der Waals surface area contributed by atoms with Gasteiger partial charge >= 0.3 is 0 Å². The highest BCUT2D eigenvalue weighted by Gasteiger charge is 2.14. The van der Waals surface area contributed by atoms with E-state index >= 15 is 0 Å². The minimum absolute atomic E-state index is 0.556. The van der Waals surface area contributed by atoms with E-state index in [0.29, 0.717) is 12.6 Å². The summed E-state index contributed by atoms with van der Waals surface area (Å²) in [4.78, 5) is 4.26. The fourth-order valence-corrected chi connectivity index (χ4v) is 2.41. The standard InChI is InChI=1S/C14H24N4O/c1-3-11-9-13(19-18-11)10-16-14(15-2)17-12-7-5-4-6-8-12/h9,12H,3-8,10H2,1-2H3,(H2,15,16,17). The van der Waals surface area contributed by atoms with Crippen molar-refractivity contribution >= 4 is 5.96 Å². The Kier molecular flexibility index (Phi) is 5.24. The van der Waals surface area contributed by atoms with Gasteiger partial charge in [-0.3, -0.25) is 4.99 Å². The maximum Gasteiger partial charge on any atom is 0.191 e. The first kappa shape index (κ1) is 13.9. The molecule has 1 aliphatic carbocycles. The average Bonchev–Trinajstić information content (AvgIpc) is 2.92. The van der Waals surface area contributed by atoms with Crippen LogP contribution in [0.4, 0.5) is 0 Å². The van der Waals surface area contributed by atoms with Crippen LogP contribution in [0.25, 0.3) is 0 Å². The molecule has 1 fully saturated rings. The molecule has 5 heteroatoms. The first-order valence-corrected chi connectivity index (χ1v) is 7.23.